The third-order valence-corrected chi connectivity index (χ3v) is 7.99. The molecule has 0 amide bonds. The molecular weight excluding hydrogens is 592 g/mol. The van der Waals surface area contributed by atoms with Crippen molar-refractivity contribution in [1.82, 2.24) is 0 Å². The van der Waals surface area contributed by atoms with Crippen molar-refractivity contribution in [2.24, 2.45) is 0 Å². The summed E-state index contributed by atoms with van der Waals surface area (Å²) in [5.41, 5.74) is 3.95. The van der Waals surface area contributed by atoms with Crippen molar-refractivity contribution in [2.45, 2.75) is 56.9 Å². The fourth-order valence-electron chi connectivity index (χ4n) is 5.21. The lowest BCUT2D eigenvalue weighted by Crippen LogP contribution is -2.62. The minimum Gasteiger partial charge on any atom is -0.374 e. The van der Waals surface area contributed by atoms with E-state index in [1.54, 1.807) is 0 Å². The van der Waals surface area contributed by atoms with Crippen molar-refractivity contribution in [3.05, 3.63) is 144 Å². The predicted octanol–water partition coefficient (Wildman–Crippen LogP) is 5.70. The summed E-state index contributed by atoms with van der Waals surface area (Å²) in [4.78, 5) is 0. The summed E-state index contributed by atoms with van der Waals surface area (Å²) in [6.07, 6.45) is -2.36. The van der Waals surface area contributed by atoms with Crippen LogP contribution in [-0.2, 0) is 64.4 Å². The average Bonchev–Trinajstić information content (AvgIpc) is 3.06. The maximum Gasteiger partial charge on any atom is 0.264 e. The number of hydrogen-bond acceptors (Lipinski definition) is 8. The molecule has 0 aliphatic carbocycles. The number of rotatable bonds is 16. The van der Waals surface area contributed by atoms with Gasteiger partial charge in [0.2, 0.25) is 0 Å². The quantitative estimate of drug-likeness (QED) is 0.145. The Labute approximate surface area is 265 Å². The van der Waals surface area contributed by atoms with Gasteiger partial charge in [0.1, 0.15) is 30.5 Å². The molecule has 1 saturated heterocycles. The second-order valence-electron chi connectivity index (χ2n) is 11.0. The highest BCUT2D eigenvalue weighted by Gasteiger charge is 2.48. The molecule has 1 aliphatic rings. The van der Waals surface area contributed by atoms with E-state index in [4.69, 9.17) is 27.9 Å². The van der Waals surface area contributed by atoms with Gasteiger partial charge in [0, 0.05) is 0 Å². The van der Waals surface area contributed by atoms with Gasteiger partial charge in [0.25, 0.3) is 10.1 Å². The molecule has 5 rings (SSSR count). The van der Waals surface area contributed by atoms with Gasteiger partial charge in [-0.15, -0.1) is 0 Å². The van der Waals surface area contributed by atoms with Crippen LogP contribution in [0.2, 0.25) is 0 Å². The Morgan fingerprint density at radius 2 is 0.867 bits per heavy atom. The number of ether oxygens (including phenoxy) is 5. The molecule has 0 bridgehead atoms. The van der Waals surface area contributed by atoms with Gasteiger partial charge in [-0.3, -0.25) is 4.18 Å². The van der Waals surface area contributed by atoms with Gasteiger partial charge in [-0.1, -0.05) is 121 Å². The standard InChI is InChI=1S/C36H40O8S/c1-45(37,38)43-27-33-35(41-24-30-18-10-4-11-19-30)36(42-25-31-20-12-5-13-21-31)34(40-23-29-16-8-3-9-17-29)32(44-33)26-39-22-28-14-6-2-7-15-28/h2-21,32-36H,22-27H2,1H3/t32?,33-,34-,35?,36-/m0/s1. The normalized spacial score (nSPS) is 21.8. The Kier molecular flexibility index (Phi) is 12.3. The van der Waals surface area contributed by atoms with E-state index in [-0.39, 0.29) is 19.8 Å². The molecule has 2 unspecified atom stereocenters. The van der Waals surface area contributed by atoms with Gasteiger partial charge in [0.15, 0.2) is 0 Å². The van der Waals surface area contributed by atoms with Gasteiger partial charge in [-0.05, 0) is 22.3 Å². The number of hydrogen-bond donors (Lipinski definition) is 0. The smallest absolute Gasteiger partial charge is 0.264 e. The van der Waals surface area contributed by atoms with Crippen LogP contribution in [0.25, 0.3) is 0 Å². The van der Waals surface area contributed by atoms with Crippen molar-refractivity contribution >= 4 is 10.1 Å². The van der Waals surface area contributed by atoms with Crippen LogP contribution in [0.1, 0.15) is 22.3 Å². The Balaban J connectivity index is 1.44. The van der Waals surface area contributed by atoms with Gasteiger partial charge in [-0.2, -0.15) is 8.42 Å². The van der Waals surface area contributed by atoms with Gasteiger partial charge in [0.05, 0.1) is 45.9 Å². The molecule has 4 aromatic rings. The third kappa shape index (κ3) is 10.6. The van der Waals surface area contributed by atoms with E-state index in [9.17, 15) is 8.42 Å². The molecule has 8 nitrogen and oxygen atoms in total. The summed E-state index contributed by atoms with van der Waals surface area (Å²) in [6.45, 7) is 1.17. The van der Waals surface area contributed by atoms with E-state index in [0.717, 1.165) is 28.5 Å². The van der Waals surface area contributed by atoms with Crippen LogP contribution >= 0.6 is 0 Å². The zero-order valence-electron chi connectivity index (χ0n) is 25.4. The highest BCUT2D eigenvalue weighted by atomic mass is 32.2. The topological polar surface area (TPSA) is 89.5 Å². The van der Waals surface area contributed by atoms with Crippen LogP contribution < -0.4 is 0 Å². The highest BCUT2D eigenvalue weighted by Crippen LogP contribution is 2.31. The molecule has 1 fully saturated rings. The van der Waals surface area contributed by atoms with Crippen LogP contribution in [0, 0.1) is 0 Å². The summed E-state index contributed by atoms with van der Waals surface area (Å²) in [6, 6.07) is 39.3. The molecule has 0 aromatic heterocycles. The van der Waals surface area contributed by atoms with E-state index in [1.807, 2.05) is 121 Å². The first-order chi connectivity index (χ1) is 21.9. The monoisotopic (exact) mass is 632 g/mol. The SMILES string of the molecule is CS(=O)(=O)OC[C@@H]1OC(COCc2ccccc2)[C@H](OCc2ccccc2)[C@H](OCc2ccccc2)C1OCc1ccccc1. The van der Waals surface area contributed by atoms with E-state index in [2.05, 4.69) is 0 Å². The molecule has 238 valence electrons. The Bertz CT molecular complexity index is 1500. The minimum absolute atomic E-state index is 0.181. The summed E-state index contributed by atoms with van der Waals surface area (Å²) < 4.78 is 61.9. The molecule has 0 radical (unpaired) electrons. The van der Waals surface area contributed by atoms with Crippen LogP contribution in [-0.4, -0.2) is 58.4 Å². The van der Waals surface area contributed by atoms with Gasteiger partial charge < -0.3 is 23.7 Å². The molecule has 9 heteroatoms. The Morgan fingerprint density at radius 1 is 0.511 bits per heavy atom. The van der Waals surface area contributed by atoms with Gasteiger partial charge >= 0.3 is 0 Å². The van der Waals surface area contributed by atoms with Gasteiger partial charge in [-0.25, -0.2) is 0 Å². The largest absolute Gasteiger partial charge is 0.374 e. The molecule has 0 saturated carbocycles. The Hall–Kier alpha value is -3.41. The van der Waals surface area contributed by atoms with E-state index >= 15 is 0 Å². The lowest BCUT2D eigenvalue weighted by Gasteiger charge is -2.46. The fourth-order valence-corrected chi connectivity index (χ4v) is 5.59. The summed E-state index contributed by atoms with van der Waals surface area (Å²) in [5.74, 6) is 0. The summed E-state index contributed by atoms with van der Waals surface area (Å²) in [7, 11) is -3.76. The highest BCUT2D eigenvalue weighted by molar-refractivity contribution is 7.85. The molecule has 1 aliphatic heterocycles. The number of benzene rings is 4. The Morgan fingerprint density at radius 3 is 1.27 bits per heavy atom. The minimum atomic E-state index is -3.76. The van der Waals surface area contributed by atoms with Crippen LogP contribution in [0.3, 0.4) is 0 Å². The maximum absolute atomic E-state index is 12.1. The second-order valence-corrected chi connectivity index (χ2v) is 12.6. The fraction of sp³-hybridized carbons (Fsp3) is 0.333. The first-order valence-electron chi connectivity index (χ1n) is 15.0. The van der Waals surface area contributed by atoms with E-state index in [1.165, 1.54) is 0 Å². The first kappa shape index (κ1) is 33.0. The summed E-state index contributed by atoms with van der Waals surface area (Å²) in [5, 5.41) is 0. The zero-order valence-corrected chi connectivity index (χ0v) is 26.2. The van der Waals surface area contributed by atoms with Crippen LogP contribution in [0.5, 0.6) is 0 Å². The summed E-state index contributed by atoms with van der Waals surface area (Å²) >= 11 is 0. The molecular formula is C36H40O8S. The van der Waals surface area contributed by atoms with Crippen molar-refractivity contribution in [1.29, 1.82) is 0 Å². The van der Waals surface area contributed by atoms with E-state index < -0.39 is 40.6 Å². The first-order valence-corrected chi connectivity index (χ1v) is 16.8. The second kappa shape index (κ2) is 16.8. The molecule has 5 atom stereocenters. The van der Waals surface area contributed by atoms with Crippen LogP contribution in [0.15, 0.2) is 121 Å². The average molecular weight is 633 g/mol. The zero-order chi connectivity index (χ0) is 31.3. The third-order valence-electron chi connectivity index (χ3n) is 7.43. The van der Waals surface area contributed by atoms with Crippen molar-refractivity contribution in [3.63, 3.8) is 0 Å². The molecule has 0 spiro atoms. The van der Waals surface area contributed by atoms with Crippen LogP contribution in [0.4, 0.5) is 0 Å². The maximum atomic E-state index is 12.1. The lowest BCUT2D eigenvalue weighted by atomic mass is 9.94. The predicted molar refractivity (Wildman–Crippen MR) is 171 cm³/mol. The van der Waals surface area contributed by atoms with Crippen molar-refractivity contribution < 1.29 is 36.3 Å². The van der Waals surface area contributed by atoms with Crippen molar-refractivity contribution in [2.75, 3.05) is 19.5 Å². The van der Waals surface area contributed by atoms with E-state index in [0.29, 0.717) is 19.8 Å². The lowest BCUT2D eigenvalue weighted by molar-refractivity contribution is -0.276. The molecule has 45 heavy (non-hydrogen) atoms. The molecule has 0 N–H and O–H groups in total. The molecule has 4 aromatic carbocycles. The molecule has 1 heterocycles. The van der Waals surface area contributed by atoms with Crippen molar-refractivity contribution in [3.8, 4) is 0 Å².